The van der Waals surface area contributed by atoms with Crippen molar-refractivity contribution in [3.05, 3.63) is 64.6 Å². The number of fused-ring (bicyclic) bond motifs is 1. The summed E-state index contributed by atoms with van der Waals surface area (Å²) in [4.78, 5) is 3.31. The summed E-state index contributed by atoms with van der Waals surface area (Å²) in [5, 5.41) is 1.62. The zero-order chi connectivity index (χ0) is 17.3. The highest BCUT2D eigenvalue weighted by atomic mass is 35.5. The largest absolute Gasteiger partial charge is 0.358 e. The number of rotatable bonds is 5. The number of aromatic nitrogens is 1. The second-order valence-electron chi connectivity index (χ2n) is 5.52. The molecule has 0 fully saturated rings. The summed E-state index contributed by atoms with van der Waals surface area (Å²) in [7, 11) is -3.66. The van der Waals surface area contributed by atoms with E-state index in [1.807, 2.05) is 19.1 Å². The fraction of sp³-hybridized carbons (Fsp3) is 0.176. The molecule has 0 amide bonds. The summed E-state index contributed by atoms with van der Waals surface area (Å²) in [6, 6.07) is 10.3. The maximum Gasteiger partial charge on any atom is 0.240 e. The predicted molar refractivity (Wildman–Crippen MR) is 93.3 cm³/mol. The van der Waals surface area contributed by atoms with Gasteiger partial charge in [0.05, 0.1) is 4.90 Å². The molecule has 1 heterocycles. The minimum absolute atomic E-state index is 0.0441. The first-order valence-electron chi connectivity index (χ1n) is 7.39. The number of aromatic amines is 1. The average Bonchev–Trinajstić information content (AvgIpc) is 2.83. The van der Waals surface area contributed by atoms with Gasteiger partial charge in [-0.2, -0.15) is 0 Å². The molecule has 7 heteroatoms. The van der Waals surface area contributed by atoms with E-state index in [-0.39, 0.29) is 11.4 Å². The Bertz CT molecular complexity index is 982. The maximum atomic E-state index is 12.9. The molecule has 0 aliphatic heterocycles. The Morgan fingerprint density at radius 3 is 2.58 bits per heavy atom. The van der Waals surface area contributed by atoms with Crippen LogP contribution in [0.4, 0.5) is 4.39 Å². The van der Waals surface area contributed by atoms with Crippen molar-refractivity contribution < 1.29 is 12.8 Å². The molecular formula is C17H16ClFN2O2S. The average molecular weight is 367 g/mol. The highest BCUT2D eigenvalue weighted by Gasteiger charge is 2.15. The Kier molecular flexibility index (Phi) is 4.62. The third kappa shape index (κ3) is 3.45. The maximum absolute atomic E-state index is 12.9. The van der Waals surface area contributed by atoms with Crippen molar-refractivity contribution in [2.24, 2.45) is 0 Å². The van der Waals surface area contributed by atoms with Gasteiger partial charge in [0.15, 0.2) is 0 Å². The number of hydrogen-bond acceptors (Lipinski definition) is 2. The standard InChI is InChI=1S/C17H16ClFN2O2S/c1-11-15(16-10-12(18)2-7-17(16)21-11)8-9-20-24(22,23)14-5-3-13(19)4-6-14/h2-7,10,20-21H,8-9H2,1H3. The lowest BCUT2D eigenvalue weighted by molar-refractivity contribution is 0.580. The van der Waals surface area contributed by atoms with Crippen LogP contribution in [0, 0.1) is 12.7 Å². The van der Waals surface area contributed by atoms with Gasteiger partial charge in [-0.3, -0.25) is 0 Å². The van der Waals surface area contributed by atoms with Gasteiger partial charge in [0.2, 0.25) is 10.0 Å². The van der Waals surface area contributed by atoms with Crippen LogP contribution in [0.15, 0.2) is 47.4 Å². The van der Waals surface area contributed by atoms with E-state index in [4.69, 9.17) is 11.6 Å². The van der Waals surface area contributed by atoms with E-state index >= 15 is 0 Å². The van der Waals surface area contributed by atoms with Crippen LogP contribution in [0.2, 0.25) is 5.02 Å². The normalized spacial score (nSPS) is 12.0. The van der Waals surface area contributed by atoms with E-state index in [0.717, 1.165) is 34.3 Å². The first kappa shape index (κ1) is 17.0. The summed E-state index contributed by atoms with van der Waals surface area (Å²) in [5.41, 5.74) is 2.97. The van der Waals surface area contributed by atoms with Crippen LogP contribution in [0.5, 0.6) is 0 Å². The molecule has 0 atom stereocenters. The zero-order valence-corrected chi connectivity index (χ0v) is 14.5. The van der Waals surface area contributed by atoms with Gasteiger partial charge < -0.3 is 4.98 Å². The molecule has 2 N–H and O–H groups in total. The first-order valence-corrected chi connectivity index (χ1v) is 9.25. The van der Waals surface area contributed by atoms with Crippen molar-refractivity contribution in [1.82, 2.24) is 9.71 Å². The Hall–Kier alpha value is -1.89. The lowest BCUT2D eigenvalue weighted by atomic mass is 10.1. The Labute approximate surface area is 144 Å². The van der Waals surface area contributed by atoms with Crippen molar-refractivity contribution in [3.8, 4) is 0 Å². The lowest BCUT2D eigenvalue weighted by Crippen LogP contribution is -2.26. The van der Waals surface area contributed by atoms with E-state index in [9.17, 15) is 12.8 Å². The smallest absolute Gasteiger partial charge is 0.240 e. The van der Waals surface area contributed by atoms with Crippen LogP contribution in [-0.4, -0.2) is 19.9 Å². The molecular weight excluding hydrogens is 351 g/mol. The van der Waals surface area contributed by atoms with Gasteiger partial charge in [0.25, 0.3) is 0 Å². The molecule has 0 aliphatic rings. The summed E-state index contributed by atoms with van der Waals surface area (Å²) < 4.78 is 39.9. The summed E-state index contributed by atoms with van der Waals surface area (Å²) in [5.74, 6) is -0.472. The predicted octanol–water partition coefficient (Wildman–Crippen LogP) is 3.79. The summed E-state index contributed by atoms with van der Waals surface area (Å²) in [6.45, 7) is 2.18. The van der Waals surface area contributed by atoms with Gasteiger partial charge in [-0.25, -0.2) is 17.5 Å². The number of H-pyrrole nitrogens is 1. The Morgan fingerprint density at radius 1 is 1.17 bits per heavy atom. The minimum atomic E-state index is -3.66. The number of halogens is 2. The molecule has 4 nitrogen and oxygen atoms in total. The van der Waals surface area contributed by atoms with Crippen molar-refractivity contribution in [2.75, 3.05) is 6.54 Å². The zero-order valence-electron chi connectivity index (χ0n) is 12.9. The summed E-state index contributed by atoms with van der Waals surface area (Å²) >= 11 is 6.04. The Balaban J connectivity index is 1.76. The second-order valence-corrected chi connectivity index (χ2v) is 7.72. The molecule has 24 heavy (non-hydrogen) atoms. The second kappa shape index (κ2) is 6.55. The first-order chi connectivity index (χ1) is 11.4. The van der Waals surface area contributed by atoms with Crippen molar-refractivity contribution >= 4 is 32.5 Å². The molecule has 0 aliphatic carbocycles. The monoisotopic (exact) mass is 366 g/mol. The van der Waals surface area contributed by atoms with Crippen LogP contribution in [0.3, 0.4) is 0 Å². The highest BCUT2D eigenvalue weighted by molar-refractivity contribution is 7.89. The third-order valence-corrected chi connectivity index (χ3v) is 5.58. The number of hydrogen-bond donors (Lipinski definition) is 2. The van der Waals surface area contributed by atoms with Gasteiger partial charge in [-0.15, -0.1) is 0 Å². The number of benzene rings is 2. The molecule has 0 saturated carbocycles. The van der Waals surface area contributed by atoms with Crippen molar-refractivity contribution in [1.29, 1.82) is 0 Å². The fourth-order valence-electron chi connectivity index (χ4n) is 2.68. The molecule has 0 bridgehead atoms. The molecule has 0 saturated heterocycles. The Morgan fingerprint density at radius 2 is 1.88 bits per heavy atom. The SMILES string of the molecule is Cc1[nH]c2ccc(Cl)cc2c1CCNS(=O)(=O)c1ccc(F)cc1. The highest BCUT2D eigenvalue weighted by Crippen LogP contribution is 2.25. The van der Waals surface area contributed by atoms with E-state index in [1.165, 1.54) is 12.1 Å². The summed E-state index contributed by atoms with van der Waals surface area (Å²) in [6.07, 6.45) is 0.520. The van der Waals surface area contributed by atoms with E-state index in [1.54, 1.807) is 6.07 Å². The quantitative estimate of drug-likeness (QED) is 0.721. The van der Waals surface area contributed by atoms with E-state index < -0.39 is 15.8 Å². The van der Waals surface area contributed by atoms with Crippen LogP contribution in [0.25, 0.3) is 10.9 Å². The van der Waals surface area contributed by atoms with Crippen LogP contribution >= 0.6 is 11.6 Å². The molecule has 0 radical (unpaired) electrons. The van der Waals surface area contributed by atoms with Gasteiger partial charge >= 0.3 is 0 Å². The molecule has 3 aromatic rings. The topological polar surface area (TPSA) is 62.0 Å². The number of aryl methyl sites for hydroxylation is 1. The van der Waals surface area contributed by atoms with Crippen LogP contribution in [0.1, 0.15) is 11.3 Å². The molecule has 3 rings (SSSR count). The van der Waals surface area contributed by atoms with Crippen LogP contribution < -0.4 is 4.72 Å². The van der Waals surface area contributed by atoms with E-state index in [0.29, 0.717) is 11.4 Å². The molecule has 126 valence electrons. The van der Waals surface area contributed by atoms with Gasteiger partial charge in [-0.05, 0) is 61.4 Å². The lowest BCUT2D eigenvalue weighted by Gasteiger charge is -2.07. The van der Waals surface area contributed by atoms with Gasteiger partial charge in [0, 0.05) is 28.2 Å². The van der Waals surface area contributed by atoms with Gasteiger partial charge in [-0.1, -0.05) is 11.6 Å². The molecule has 1 aromatic heterocycles. The minimum Gasteiger partial charge on any atom is -0.358 e. The van der Waals surface area contributed by atoms with Gasteiger partial charge in [0.1, 0.15) is 5.82 Å². The third-order valence-electron chi connectivity index (χ3n) is 3.87. The van der Waals surface area contributed by atoms with E-state index in [2.05, 4.69) is 9.71 Å². The molecule has 0 spiro atoms. The molecule has 0 unspecified atom stereocenters. The number of sulfonamides is 1. The fourth-order valence-corrected chi connectivity index (χ4v) is 3.89. The van der Waals surface area contributed by atoms with Crippen LogP contribution in [-0.2, 0) is 16.4 Å². The van der Waals surface area contributed by atoms with Crippen molar-refractivity contribution in [3.63, 3.8) is 0 Å². The molecule has 2 aromatic carbocycles. The number of nitrogens with one attached hydrogen (secondary N) is 2. The van der Waals surface area contributed by atoms with Crippen molar-refractivity contribution in [2.45, 2.75) is 18.2 Å².